The van der Waals surface area contributed by atoms with Gasteiger partial charge in [0.25, 0.3) is 6.43 Å². The van der Waals surface area contributed by atoms with Gasteiger partial charge in [0.1, 0.15) is 23.5 Å². The molecule has 0 radical (unpaired) electrons. The smallest absolute Gasteiger partial charge is 0.413 e. The van der Waals surface area contributed by atoms with Gasteiger partial charge < -0.3 is 27.9 Å². The van der Waals surface area contributed by atoms with Crippen LogP contribution >= 0.6 is 23.2 Å². The van der Waals surface area contributed by atoms with Gasteiger partial charge in [0.15, 0.2) is 52.2 Å². The van der Waals surface area contributed by atoms with E-state index in [9.17, 15) is 61.6 Å². The number of carbonyl (C=O) groups is 4. The number of carbonyl (C=O) groups excluding carboxylic acids is 4. The van der Waals surface area contributed by atoms with Gasteiger partial charge in [0.05, 0.1) is 112 Å². The van der Waals surface area contributed by atoms with Crippen LogP contribution in [0.3, 0.4) is 0 Å². The molecule has 0 saturated carbocycles. The van der Waals surface area contributed by atoms with Crippen molar-refractivity contribution in [3.8, 4) is 45.6 Å². The first-order valence-corrected chi connectivity index (χ1v) is 44.3. The van der Waals surface area contributed by atoms with E-state index in [2.05, 4.69) is 106 Å². The summed E-state index contributed by atoms with van der Waals surface area (Å²) in [6.45, 7) is 13.6. The molecule has 8 N–H and O–H groups in total. The van der Waals surface area contributed by atoms with Crippen LogP contribution < -0.4 is 40.2 Å². The van der Waals surface area contributed by atoms with Crippen molar-refractivity contribution in [1.29, 1.82) is 0 Å². The average Bonchev–Trinajstić information content (AvgIpc) is 1.71. The molecule has 123 heavy (non-hydrogen) atoms. The molecule has 0 saturated heterocycles. The van der Waals surface area contributed by atoms with E-state index in [0.29, 0.717) is 91.3 Å². The summed E-state index contributed by atoms with van der Waals surface area (Å²) in [6.07, 6.45) is 5.11. The van der Waals surface area contributed by atoms with Crippen LogP contribution in [-0.4, -0.2) is 185 Å². The Morgan fingerprint density at radius 1 is 0.455 bits per heavy atom. The second-order valence-electron chi connectivity index (χ2n) is 27.1. The fourth-order valence-electron chi connectivity index (χ4n) is 11.4. The van der Waals surface area contributed by atoms with Crippen molar-refractivity contribution >= 4 is 134 Å². The highest BCUT2D eigenvalue weighted by Crippen LogP contribution is 2.35. The molecule has 0 aliphatic heterocycles. The lowest BCUT2D eigenvalue weighted by Gasteiger charge is -2.18. The topological polar surface area (TPSA) is 543 Å². The Bertz CT molecular complexity index is 6130. The fraction of sp³-hybridized carbons (Fsp3) is 0.319. The molecule has 4 amide bonds. The monoisotopic (exact) mass is 1820 g/mol. The van der Waals surface area contributed by atoms with Gasteiger partial charge in [-0.05, 0) is 134 Å². The first-order valence-electron chi connectivity index (χ1n) is 36.0. The van der Waals surface area contributed by atoms with Gasteiger partial charge in [0, 0.05) is 69.4 Å². The predicted octanol–water partition coefficient (Wildman–Crippen LogP) is 11.1. The van der Waals surface area contributed by atoms with Crippen LogP contribution in [0.25, 0.3) is 45.6 Å². The zero-order valence-corrected chi connectivity index (χ0v) is 73.4. The molecule has 1 aliphatic carbocycles. The van der Waals surface area contributed by atoms with Gasteiger partial charge in [-0.1, -0.05) is 62.3 Å². The van der Waals surface area contributed by atoms with Crippen molar-refractivity contribution in [1.82, 2.24) is 89.5 Å². The van der Waals surface area contributed by atoms with Crippen LogP contribution in [0.1, 0.15) is 90.7 Å². The number of hydrogen-bond donors (Lipinski definition) is 8. The molecule has 0 spiro atoms. The minimum Gasteiger partial charge on any atom is -0.472 e. The van der Waals surface area contributed by atoms with Crippen LogP contribution in [0.5, 0.6) is 0 Å². The number of furan rings is 1. The molecule has 656 valence electrons. The van der Waals surface area contributed by atoms with Gasteiger partial charge in [-0.2, -0.15) is 0 Å². The number of sulfonamides is 4. The quantitative estimate of drug-likeness (QED) is 0.0195. The Kier molecular flexibility index (Phi) is 30.2. The molecule has 0 bridgehead atoms. The van der Waals surface area contributed by atoms with Gasteiger partial charge >= 0.3 is 24.4 Å². The van der Waals surface area contributed by atoms with E-state index in [-0.39, 0.29) is 45.2 Å². The number of alkyl halides is 2. The summed E-state index contributed by atoms with van der Waals surface area (Å²) in [5.74, 6) is 0.882. The van der Waals surface area contributed by atoms with Crippen molar-refractivity contribution in [2.45, 2.75) is 92.7 Å². The van der Waals surface area contributed by atoms with Gasteiger partial charge in [-0.15, -0.1) is 20.4 Å². The molecule has 11 aromatic heterocycles. The summed E-state index contributed by atoms with van der Waals surface area (Å²) in [5, 5.41) is 42.3. The number of ether oxygens (including phenoxy) is 4. The Hall–Kier alpha value is -13.1. The lowest BCUT2D eigenvalue weighted by atomic mass is 10.1. The molecule has 1 aliphatic rings. The number of allylic oxidation sites excluding steroid dienone is 2. The van der Waals surface area contributed by atoms with Crippen molar-refractivity contribution in [2.75, 3.05) is 65.2 Å². The molecule has 11 heterocycles. The largest absolute Gasteiger partial charge is 0.472 e. The normalized spacial score (nSPS) is 13.0. The van der Waals surface area contributed by atoms with Crippen molar-refractivity contribution < 1.29 is 85.0 Å². The molecular weight excluding hydrogens is 1740 g/mol. The highest BCUT2D eigenvalue weighted by atomic mass is 35.5. The number of halogens is 4. The predicted molar refractivity (Wildman–Crippen MR) is 450 cm³/mol. The number of rotatable bonds is 25. The van der Waals surface area contributed by atoms with E-state index >= 15 is 0 Å². The number of aryl methyl sites for hydroxylation is 10. The highest BCUT2D eigenvalue weighted by molar-refractivity contribution is 7.92. The SMILES string of the molecule is Cc1cocc1C(C)OC(=O)Nc1c(-c2ccc(NS(C)(=O)=O)c(C)n2)nnn1C.Cc1nc(-c2nnn(C)c2NC(=O)OC(c2cccnc2Cl)C(F)F)ccc1NS(C)(=O)=O.Cc1nc(-c2nnn(C)c2NC(=O)O[C@H](C)C2=CCC=C2Cl)ccc1NS(C)(=O)=O.Cc1nc(-c2nnn(C)c2NC(=O)O[C@H](C)c2cccn2C)ccc1NS(C)(=O)=O. The maximum Gasteiger partial charge on any atom is 0.413 e. The second-order valence-corrected chi connectivity index (χ2v) is 34.9. The summed E-state index contributed by atoms with van der Waals surface area (Å²) < 4.78 is 162. The fourth-order valence-corrected chi connectivity index (χ4v) is 14.4. The first kappa shape index (κ1) is 93.7. The Morgan fingerprint density at radius 3 is 1.10 bits per heavy atom. The molecule has 0 fully saturated rings. The van der Waals surface area contributed by atoms with Crippen molar-refractivity contribution in [2.24, 2.45) is 35.2 Å². The zero-order valence-electron chi connectivity index (χ0n) is 68.6. The van der Waals surface area contributed by atoms with E-state index in [4.69, 9.17) is 46.6 Å². The third-order valence-electron chi connectivity index (χ3n) is 17.2. The van der Waals surface area contributed by atoms with E-state index < -0.39 is 95.3 Å². The van der Waals surface area contributed by atoms with Crippen molar-refractivity contribution in [3.63, 3.8) is 0 Å². The maximum atomic E-state index is 13.5. The summed E-state index contributed by atoms with van der Waals surface area (Å²) in [4.78, 5) is 70.8. The summed E-state index contributed by atoms with van der Waals surface area (Å²) >= 11 is 12.0. The number of pyridine rings is 5. The van der Waals surface area contributed by atoms with Crippen LogP contribution in [0.15, 0.2) is 125 Å². The van der Waals surface area contributed by atoms with Crippen LogP contribution in [0.2, 0.25) is 5.15 Å². The molecule has 11 aromatic rings. The van der Waals surface area contributed by atoms with Gasteiger partial charge in [-0.25, -0.2) is 105 Å². The summed E-state index contributed by atoms with van der Waals surface area (Å²) in [6, 6.07) is 18.8. The first-order chi connectivity index (χ1) is 57.6. The lowest BCUT2D eigenvalue weighted by Crippen LogP contribution is -2.23. The maximum absolute atomic E-state index is 13.5. The van der Waals surface area contributed by atoms with Crippen molar-refractivity contribution in [3.05, 3.63) is 171 Å². The number of amides is 4. The van der Waals surface area contributed by atoms with Crippen LogP contribution in [-0.2, 0) is 94.3 Å². The molecule has 2 unspecified atom stereocenters. The number of anilines is 8. The Balaban J connectivity index is 0.000000186. The summed E-state index contributed by atoms with van der Waals surface area (Å²) in [5.41, 5.74) is 8.63. The number of hydrogen-bond acceptors (Lipinski definition) is 30. The van der Waals surface area contributed by atoms with Crippen LogP contribution in [0, 0.1) is 34.6 Å². The molecule has 43 nitrogen and oxygen atoms in total. The minimum atomic E-state index is -3.51. The third-order valence-corrected chi connectivity index (χ3v) is 20.2. The molecule has 12 rings (SSSR count). The summed E-state index contributed by atoms with van der Waals surface area (Å²) in [7, 11) is -5.63. The van der Waals surface area contributed by atoms with Gasteiger partial charge in [-0.3, -0.25) is 40.2 Å². The highest BCUT2D eigenvalue weighted by Gasteiger charge is 2.32. The standard InChI is InChI=1S/C18H18ClF2N7O4S.C18H21ClN6O4S.C18H23N7O4S.C18H22N6O5S/c1-9-11(26-33(3,30)31)6-7-12(23-9)13-17(28(2)27-25-13)24-18(29)32-14(16(20)21)10-5-4-8-22-15(10)19;1-10-14(23-30(4,27)28)8-9-15(20-10)16-17(25(3)24-22-16)21-18(26)29-11(2)12-6-5-7-13(12)19;1-11-13(22-30(5,27)28)8-9-14(19-11)16-17(25(4)23-21-16)20-18(26)29-12(2)15-7-6-10-24(15)3;1-10-8-28-9-13(10)12(3)29-18(25)20-17-16(21-23-24(17)4)15-7-6-14(11(2)19-15)22-30(5,26)27/h4-8,14,16,26H,1-3H3,(H,24,29);6-9,11,23H,5H2,1-4H3,(H,21,26);6-10,12,22H,1-5H3,(H,20,26);6-9,12,22H,1-5H3,(H,20,25)/t;11-;12-;/m.11./s1. The molecular formula is C72H84Cl2F2N26O17S4. The van der Waals surface area contributed by atoms with Crippen LogP contribution in [0.4, 0.5) is 74.0 Å². The molecule has 51 heteroatoms. The van der Waals surface area contributed by atoms with E-state index in [1.54, 1.807) is 112 Å². The third kappa shape index (κ3) is 25.7. The number of nitrogens with zero attached hydrogens (tertiary/aromatic N) is 18. The Labute approximate surface area is 713 Å². The van der Waals surface area contributed by atoms with E-state index in [1.165, 1.54) is 62.5 Å². The second kappa shape index (κ2) is 39.6. The molecule has 0 aromatic carbocycles. The Morgan fingerprint density at radius 2 is 0.805 bits per heavy atom. The lowest BCUT2D eigenvalue weighted by molar-refractivity contribution is -0.0144. The molecule has 4 atom stereocenters. The number of aromatic nitrogens is 18. The van der Waals surface area contributed by atoms with Gasteiger partial charge in [0.2, 0.25) is 40.1 Å². The minimum absolute atomic E-state index is 0.0148. The van der Waals surface area contributed by atoms with E-state index in [1.807, 2.05) is 49.0 Å². The van der Waals surface area contributed by atoms with E-state index in [0.717, 1.165) is 47.4 Å². The average molecular weight is 1820 g/mol. The number of nitrogens with one attached hydrogen (secondary N) is 8. The zero-order chi connectivity index (χ0) is 90.5.